The van der Waals surface area contributed by atoms with E-state index in [9.17, 15) is 4.79 Å². The van der Waals surface area contributed by atoms with E-state index in [-0.39, 0.29) is 5.25 Å². The van der Waals surface area contributed by atoms with E-state index >= 15 is 0 Å². The summed E-state index contributed by atoms with van der Waals surface area (Å²) in [6, 6.07) is 18.8. The van der Waals surface area contributed by atoms with Gasteiger partial charge >= 0.3 is 0 Å². The molecule has 0 radical (unpaired) electrons. The number of aryl methyl sites for hydroxylation is 2. The van der Waals surface area contributed by atoms with Gasteiger partial charge in [0.05, 0.1) is 5.25 Å². The third-order valence-corrected chi connectivity index (χ3v) is 5.19. The van der Waals surface area contributed by atoms with E-state index in [1.165, 1.54) is 16.0 Å². The van der Waals surface area contributed by atoms with E-state index < -0.39 is 0 Å². The quantitative estimate of drug-likeness (QED) is 0.602. The van der Waals surface area contributed by atoms with Crippen LogP contribution in [0.4, 0.5) is 0 Å². The van der Waals surface area contributed by atoms with Crippen molar-refractivity contribution < 1.29 is 4.79 Å². The first-order valence-electron chi connectivity index (χ1n) is 7.99. The first-order valence-corrected chi connectivity index (χ1v) is 8.87. The topological polar surface area (TPSA) is 17.1 Å². The maximum absolute atomic E-state index is 12.4. The fourth-order valence-corrected chi connectivity index (χ4v) is 3.47. The lowest BCUT2D eigenvalue weighted by Crippen LogP contribution is -2.16. The van der Waals surface area contributed by atoms with Gasteiger partial charge in [-0.2, -0.15) is 0 Å². The molecule has 0 heterocycles. The van der Waals surface area contributed by atoms with Gasteiger partial charge in [-0.1, -0.05) is 55.0 Å². The summed E-state index contributed by atoms with van der Waals surface area (Å²) in [6.07, 6.45) is 3.49. The summed E-state index contributed by atoms with van der Waals surface area (Å²) in [4.78, 5) is 13.6. The van der Waals surface area contributed by atoms with Crippen LogP contribution in [0.3, 0.4) is 0 Å². The minimum atomic E-state index is 0.0819. The molecule has 2 aromatic carbocycles. The van der Waals surface area contributed by atoms with Crippen LogP contribution < -0.4 is 0 Å². The molecule has 22 heavy (non-hydrogen) atoms. The molecule has 2 heteroatoms. The number of carbonyl (C=O) groups excluding carboxylic acids is 1. The van der Waals surface area contributed by atoms with Crippen LogP contribution in [-0.2, 0) is 11.2 Å². The minimum Gasteiger partial charge on any atom is -0.298 e. The first-order chi connectivity index (χ1) is 10.7. The molecule has 116 valence electrons. The molecular formula is C20H24OS. The molecule has 0 spiro atoms. The highest BCUT2D eigenvalue weighted by molar-refractivity contribution is 8.00. The van der Waals surface area contributed by atoms with E-state index in [0.717, 1.165) is 19.3 Å². The molecule has 0 N–H and O–H groups in total. The number of Topliss-reactive ketones (excluding diaryl/α,β-unsaturated/α-hetero) is 1. The van der Waals surface area contributed by atoms with Gasteiger partial charge in [-0.3, -0.25) is 4.79 Å². The van der Waals surface area contributed by atoms with E-state index in [2.05, 4.69) is 62.4 Å². The van der Waals surface area contributed by atoms with Gasteiger partial charge in [-0.15, -0.1) is 11.8 Å². The highest BCUT2D eigenvalue weighted by atomic mass is 32.2. The molecule has 1 atom stereocenters. The summed E-state index contributed by atoms with van der Waals surface area (Å²) in [5.41, 5.74) is 2.57. The first kappa shape index (κ1) is 16.8. The number of hydrogen-bond donors (Lipinski definition) is 0. The van der Waals surface area contributed by atoms with Crippen molar-refractivity contribution in [3.8, 4) is 0 Å². The zero-order valence-electron chi connectivity index (χ0n) is 13.4. The van der Waals surface area contributed by atoms with Crippen molar-refractivity contribution in [2.24, 2.45) is 0 Å². The second-order valence-corrected chi connectivity index (χ2v) is 6.91. The third kappa shape index (κ3) is 5.34. The lowest BCUT2D eigenvalue weighted by molar-refractivity contribution is -0.118. The van der Waals surface area contributed by atoms with Crippen LogP contribution in [0.25, 0.3) is 0 Å². The number of thioether (sulfide) groups is 1. The van der Waals surface area contributed by atoms with Gasteiger partial charge in [0.1, 0.15) is 5.78 Å². The molecule has 2 rings (SSSR count). The largest absolute Gasteiger partial charge is 0.298 e. The maximum atomic E-state index is 12.4. The SMILES string of the molecule is CC[C@@H](Sc1ccc(C)cc1)C(=O)CCCc1ccccc1. The lowest BCUT2D eigenvalue weighted by atomic mass is 10.0. The van der Waals surface area contributed by atoms with Gasteiger partial charge in [0.25, 0.3) is 0 Å². The number of ketones is 1. The standard InChI is InChI=1S/C20H24OS/c1-3-20(22-18-14-12-16(2)13-15-18)19(21)11-7-10-17-8-5-4-6-9-17/h4-6,8-9,12-15,20H,3,7,10-11H2,1-2H3/t20-/m1/s1. The summed E-state index contributed by atoms with van der Waals surface area (Å²) in [6.45, 7) is 4.18. The van der Waals surface area contributed by atoms with E-state index in [4.69, 9.17) is 0 Å². The van der Waals surface area contributed by atoms with Crippen LogP contribution in [0.5, 0.6) is 0 Å². The molecule has 0 aliphatic rings. The van der Waals surface area contributed by atoms with Gasteiger partial charge in [0.15, 0.2) is 0 Å². The molecule has 1 nitrogen and oxygen atoms in total. The van der Waals surface area contributed by atoms with Gasteiger partial charge in [0.2, 0.25) is 0 Å². The molecule has 0 aliphatic heterocycles. The average Bonchev–Trinajstić information content (AvgIpc) is 2.55. The van der Waals surface area contributed by atoms with Crippen molar-refractivity contribution in [1.82, 2.24) is 0 Å². The molecule has 2 aromatic rings. The van der Waals surface area contributed by atoms with E-state index in [1.54, 1.807) is 11.8 Å². The molecular weight excluding hydrogens is 288 g/mol. The zero-order valence-corrected chi connectivity index (χ0v) is 14.2. The fraction of sp³-hybridized carbons (Fsp3) is 0.350. The Kier molecular flexibility index (Phi) is 6.73. The summed E-state index contributed by atoms with van der Waals surface area (Å²) < 4.78 is 0. The molecule has 0 saturated carbocycles. The van der Waals surface area contributed by atoms with Gasteiger partial charge in [0, 0.05) is 11.3 Å². The van der Waals surface area contributed by atoms with Crippen LogP contribution in [0.2, 0.25) is 0 Å². The van der Waals surface area contributed by atoms with Gasteiger partial charge in [-0.05, 0) is 43.9 Å². The van der Waals surface area contributed by atoms with Crippen molar-refractivity contribution in [3.05, 3.63) is 65.7 Å². The van der Waals surface area contributed by atoms with Crippen LogP contribution in [0.1, 0.15) is 37.3 Å². The van der Waals surface area contributed by atoms with Crippen molar-refractivity contribution >= 4 is 17.5 Å². The third-order valence-electron chi connectivity index (χ3n) is 3.76. The predicted molar refractivity (Wildman–Crippen MR) is 95.5 cm³/mol. The zero-order chi connectivity index (χ0) is 15.8. The fourth-order valence-electron chi connectivity index (χ4n) is 2.43. The summed E-state index contributed by atoms with van der Waals surface area (Å²) in [7, 11) is 0. The van der Waals surface area contributed by atoms with Gasteiger partial charge in [-0.25, -0.2) is 0 Å². The minimum absolute atomic E-state index is 0.0819. The average molecular weight is 312 g/mol. The predicted octanol–water partition coefficient (Wildman–Crippen LogP) is 5.46. The van der Waals surface area contributed by atoms with Crippen LogP contribution in [0, 0.1) is 6.92 Å². The Hall–Kier alpha value is -1.54. The Bertz CT molecular complexity index is 574. The number of hydrogen-bond acceptors (Lipinski definition) is 2. The van der Waals surface area contributed by atoms with Crippen molar-refractivity contribution in [2.75, 3.05) is 0 Å². The summed E-state index contributed by atoms with van der Waals surface area (Å²) in [5.74, 6) is 0.379. The van der Waals surface area contributed by atoms with Gasteiger partial charge < -0.3 is 0 Å². The van der Waals surface area contributed by atoms with E-state index in [1.807, 2.05) is 6.07 Å². The molecule has 0 saturated heterocycles. The maximum Gasteiger partial charge on any atom is 0.146 e. The lowest BCUT2D eigenvalue weighted by Gasteiger charge is -2.13. The molecule has 0 fully saturated rings. The second kappa shape index (κ2) is 8.79. The summed E-state index contributed by atoms with van der Waals surface area (Å²) in [5, 5.41) is 0.0819. The normalized spacial score (nSPS) is 12.1. The van der Waals surface area contributed by atoms with Crippen molar-refractivity contribution in [3.63, 3.8) is 0 Å². The smallest absolute Gasteiger partial charge is 0.146 e. The Morgan fingerprint density at radius 3 is 2.36 bits per heavy atom. The van der Waals surface area contributed by atoms with Crippen LogP contribution in [-0.4, -0.2) is 11.0 Å². The van der Waals surface area contributed by atoms with Crippen LogP contribution in [0.15, 0.2) is 59.5 Å². The number of benzene rings is 2. The second-order valence-electron chi connectivity index (χ2n) is 5.63. The van der Waals surface area contributed by atoms with Crippen LogP contribution >= 0.6 is 11.8 Å². The Labute approximate surface area is 138 Å². The highest BCUT2D eigenvalue weighted by Gasteiger charge is 2.17. The highest BCUT2D eigenvalue weighted by Crippen LogP contribution is 2.27. The monoisotopic (exact) mass is 312 g/mol. The van der Waals surface area contributed by atoms with Crippen molar-refractivity contribution in [2.45, 2.75) is 49.7 Å². The van der Waals surface area contributed by atoms with Crippen molar-refractivity contribution in [1.29, 1.82) is 0 Å². The molecule has 0 amide bonds. The molecule has 0 bridgehead atoms. The Morgan fingerprint density at radius 2 is 1.73 bits per heavy atom. The molecule has 0 aliphatic carbocycles. The Balaban J connectivity index is 1.82. The molecule has 0 unspecified atom stereocenters. The van der Waals surface area contributed by atoms with E-state index in [0.29, 0.717) is 12.2 Å². The summed E-state index contributed by atoms with van der Waals surface area (Å²) >= 11 is 1.70. The number of carbonyl (C=O) groups is 1. The molecule has 0 aromatic heterocycles. The Morgan fingerprint density at radius 1 is 1.05 bits per heavy atom. The number of rotatable bonds is 8.